The van der Waals surface area contributed by atoms with E-state index in [1.807, 2.05) is 6.92 Å². The van der Waals surface area contributed by atoms with Crippen molar-refractivity contribution >= 4 is 10.0 Å². The first kappa shape index (κ1) is 12.5. The smallest absolute Gasteiger partial charge is 0.258 e. The maximum Gasteiger partial charge on any atom is 0.258 e. The summed E-state index contributed by atoms with van der Waals surface area (Å²) < 4.78 is 32.1. The van der Waals surface area contributed by atoms with Crippen molar-refractivity contribution in [1.82, 2.24) is 14.9 Å². The summed E-state index contributed by atoms with van der Waals surface area (Å²) in [5.41, 5.74) is 5.37. The highest BCUT2D eigenvalue weighted by atomic mass is 32.2. The Hall–Kier alpha value is -0.960. The van der Waals surface area contributed by atoms with Crippen molar-refractivity contribution in [2.75, 3.05) is 13.2 Å². The molecule has 8 heteroatoms. The molecule has 1 aliphatic rings. The number of aromatic nitrogens is 2. The molecular weight excluding hydrogens is 244 g/mol. The number of nitrogens with one attached hydrogen (secondary N) is 2. The molecule has 0 radical (unpaired) electrons. The van der Waals surface area contributed by atoms with Crippen LogP contribution in [0.4, 0.5) is 0 Å². The van der Waals surface area contributed by atoms with Gasteiger partial charge in [0.1, 0.15) is 0 Å². The lowest BCUT2D eigenvalue weighted by Gasteiger charge is -2.22. The van der Waals surface area contributed by atoms with Gasteiger partial charge in [-0.1, -0.05) is 0 Å². The quantitative estimate of drug-likeness (QED) is 0.664. The van der Waals surface area contributed by atoms with E-state index in [1.54, 1.807) is 0 Å². The third-order valence-corrected chi connectivity index (χ3v) is 4.42. The summed E-state index contributed by atoms with van der Waals surface area (Å²) in [6.07, 6.45) is 2.07. The Morgan fingerprint density at radius 2 is 2.47 bits per heavy atom. The molecule has 1 atom stereocenters. The van der Waals surface area contributed by atoms with Crippen LogP contribution in [0.25, 0.3) is 0 Å². The molecule has 1 aromatic heterocycles. The highest BCUT2D eigenvalue weighted by Crippen LogP contribution is 2.21. The Labute approximate surface area is 99.8 Å². The van der Waals surface area contributed by atoms with Gasteiger partial charge in [-0.2, -0.15) is 5.10 Å². The van der Waals surface area contributed by atoms with E-state index >= 15 is 0 Å². The Morgan fingerprint density at radius 1 is 1.71 bits per heavy atom. The van der Waals surface area contributed by atoms with Crippen molar-refractivity contribution in [2.45, 2.75) is 30.5 Å². The van der Waals surface area contributed by atoms with E-state index in [2.05, 4.69) is 14.9 Å². The maximum absolute atomic E-state index is 12.1. The van der Waals surface area contributed by atoms with Crippen LogP contribution in [0.2, 0.25) is 0 Å². The zero-order valence-corrected chi connectivity index (χ0v) is 10.4. The Kier molecular flexibility index (Phi) is 3.21. The molecule has 0 amide bonds. The standard InChI is InChI=1S/C9H16N4O3S/c1-9(2-3-16-6-9)13-17(14,15)8-7(4-10)5-11-12-8/h5,13H,2-4,6,10H2,1H3,(H,11,12). The Balaban J connectivity index is 2.25. The SMILES string of the molecule is CC1(NS(=O)(=O)c2[nH]ncc2CN)CCOC1. The highest BCUT2D eigenvalue weighted by Gasteiger charge is 2.35. The molecule has 1 aromatic rings. The molecule has 1 saturated heterocycles. The second-order valence-corrected chi connectivity index (χ2v) is 6.02. The van der Waals surface area contributed by atoms with Crippen LogP contribution in [0.15, 0.2) is 11.2 Å². The van der Waals surface area contributed by atoms with Crippen molar-refractivity contribution < 1.29 is 13.2 Å². The van der Waals surface area contributed by atoms with E-state index in [4.69, 9.17) is 10.5 Å². The topological polar surface area (TPSA) is 110 Å². The summed E-state index contributed by atoms with van der Waals surface area (Å²) in [7, 11) is -3.63. The monoisotopic (exact) mass is 260 g/mol. The van der Waals surface area contributed by atoms with Crippen LogP contribution in [0.1, 0.15) is 18.9 Å². The number of nitrogens with two attached hydrogens (primary N) is 1. The molecule has 1 aliphatic heterocycles. The van der Waals surface area contributed by atoms with Gasteiger partial charge in [-0.25, -0.2) is 13.1 Å². The number of hydrogen-bond acceptors (Lipinski definition) is 5. The largest absolute Gasteiger partial charge is 0.379 e. The number of ether oxygens (including phenoxy) is 1. The summed E-state index contributed by atoms with van der Waals surface area (Å²) in [6, 6.07) is 0. The number of rotatable bonds is 4. The fourth-order valence-corrected chi connectivity index (χ4v) is 3.37. The predicted octanol–water partition coefficient (Wildman–Crippen LogP) is -0.674. The Morgan fingerprint density at radius 3 is 3.06 bits per heavy atom. The van der Waals surface area contributed by atoms with Crippen LogP contribution in [0.5, 0.6) is 0 Å². The molecule has 7 nitrogen and oxygen atoms in total. The zero-order valence-electron chi connectivity index (χ0n) is 9.56. The van der Waals surface area contributed by atoms with Crippen LogP contribution in [0.3, 0.4) is 0 Å². The zero-order chi connectivity index (χ0) is 12.5. The first-order valence-electron chi connectivity index (χ1n) is 5.31. The van der Waals surface area contributed by atoms with Crippen molar-refractivity contribution in [3.8, 4) is 0 Å². The lowest BCUT2D eigenvalue weighted by atomic mass is 10.0. The minimum absolute atomic E-state index is 0.0353. The Bertz CT molecular complexity index is 490. The van der Waals surface area contributed by atoms with E-state index in [1.165, 1.54) is 6.20 Å². The molecule has 0 saturated carbocycles. The fraction of sp³-hybridized carbons (Fsp3) is 0.667. The van der Waals surface area contributed by atoms with Gasteiger partial charge in [-0.15, -0.1) is 0 Å². The van der Waals surface area contributed by atoms with Crippen LogP contribution < -0.4 is 10.5 Å². The maximum atomic E-state index is 12.1. The van der Waals surface area contributed by atoms with Crippen molar-refractivity contribution in [3.63, 3.8) is 0 Å². The van der Waals surface area contributed by atoms with Gasteiger partial charge >= 0.3 is 0 Å². The van der Waals surface area contributed by atoms with Gasteiger partial charge in [0.25, 0.3) is 10.0 Å². The molecule has 0 aliphatic carbocycles. The van der Waals surface area contributed by atoms with Gasteiger partial charge in [-0.3, -0.25) is 5.10 Å². The first-order chi connectivity index (χ1) is 7.97. The summed E-state index contributed by atoms with van der Waals surface area (Å²) in [4.78, 5) is 0. The number of aromatic amines is 1. The van der Waals surface area contributed by atoms with Gasteiger partial charge in [0.15, 0.2) is 5.03 Å². The predicted molar refractivity (Wildman–Crippen MR) is 60.6 cm³/mol. The van der Waals surface area contributed by atoms with Gasteiger partial charge in [0.05, 0.1) is 18.3 Å². The molecule has 1 fully saturated rings. The lowest BCUT2D eigenvalue weighted by Crippen LogP contribution is -2.46. The summed E-state index contributed by atoms with van der Waals surface area (Å²) in [6.45, 7) is 2.88. The van der Waals surface area contributed by atoms with E-state index in [9.17, 15) is 8.42 Å². The summed E-state index contributed by atoms with van der Waals surface area (Å²) >= 11 is 0. The second kappa shape index (κ2) is 4.37. The van der Waals surface area contributed by atoms with Crippen LogP contribution in [-0.4, -0.2) is 37.4 Å². The normalized spacial score (nSPS) is 25.3. The van der Waals surface area contributed by atoms with E-state index < -0.39 is 15.6 Å². The van der Waals surface area contributed by atoms with Crippen LogP contribution >= 0.6 is 0 Å². The second-order valence-electron chi connectivity index (χ2n) is 4.40. The minimum Gasteiger partial charge on any atom is -0.379 e. The van der Waals surface area contributed by atoms with E-state index in [-0.39, 0.29) is 11.6 Å². The molecule has 4 N–H and O–H groups in total. The third-order valence-electron chi connectivity index (χ3n) is 2.77. The summed E-state index contributed by atoms with van der Waals surface area (Å²) in [5.74, 6) is 0. The van der Waals surface area contributed by atoms with Gasteiger partial charge in [0, 0.05) is 18.7 Å². The minimum atomic E-state index is -3.63. The average molecular weight is 260 g/mol. The third kappa shape index (κ3) is 2.49. The van der Waals surface area contributed by atoms with Crippen molar-refractivity contribution in [1.29, 1.82) is 0 Å². The molecule has 96 valence electrons. The van der Waals surface area contributed by atoms with Gasteiger partial charge in [-0.05, 0) is 13.3 Å². The first-order valence-corrected chi connectivity index (χ1v) is 6.79. The highest BCUT2D eigenvalue weighted by molar-refractivity contribution is 7.89. The van der Waals surface area contributed by atoms with Crippen molar-refractivity contribution in [3.05, 3.63) is 11.8 Å². The van der Waals surface area contributed by atoms with Gasteiger partial charge < -0.3 is 10.5 Å². The lowest BCUT2D eigenvalue weighted by molar-refractivity contribution is 0.178. The molecule has 0 bridgehead atoms. The molecular formula is C9H16N4O3S. The summed E-state index contributed by atoms with van der Waals surface area (Å²) in [5, 5.41) is 6.20. The number of sulfonamides is 1. The molecule has 17 heavy (non-hydrogen) atoms. The molecule has 1 unspecified atom stereocenters. The molecule has 2 heterocycles. The van der Waals surface area contributed by atoms with Crippen LogP contribution in [-0.2, 0) is 21.3 Å². The van der Waals surface area contributed by atoms with Crippen LogP contribution in [0, 0.1) is 0 Å². The van der Waals surface area contributed by atoms with Crippen molar-refractivity contribution in [2.24, 2.45) is 5.73 Å². The van der Waals surface area contributed by atoms with E-state index in [0.29, 0.717) is 25.2 Å². The number of hydrogen-bond donors (Lipinski definition) is 3. The number of H-pyrrole nitrogens is 1. The fourth-order valence-electron chi connectivity index (χ4n) is 1.80. The number of nitrogens with zero attached hydrogens (tertiary/aromatic N) is 1. The molecule has 2 rings (SSSR count). The molecule has 0 aromatic carbocycles. The van der Waals surface area contributed by atoms with Gasteiger partial charge in [0.2, 0.25) is 0 Å². The average Bonchev–Trinajstić information content (AvgIpc) is 2.85. The molecule has 0 spiro atoms. The van der Waals surface area contributed by atoms with E-state index in [0.717, 1.165) is 0 Å².